The first-order chi connectivity index (χ1) is 8.49. The van der Waals surface area contributed by atoms with E-state index >= 15 is 0 Å². The van der Waals surface area contributed by atoms with Crippen molar-refractivity contribution in [1.82, 2.24) is 5.32 Å². The zero-order chi connectivity index (χ0) is 13.3. The third kappa shape index (κ3) is 1.81. The van der Waals surface area contributed by atoms with Crippen molar-refractivity contribution in [3.8, 4) is 5.75 Å². The Kier molecular flexibility index (Phi) is 2.98. The van der Waals surface area contributed by atoms with E-state index in [4.69, 9.17) is 5.73 Å². The Morgan fingerprint density at radius 3 is 2.72 bits per heavy atom. The van der Waals surface area contributed by atoms with Crippen LogP contribution >= 0.6 is 0 Å². The van der Waals surface area contributed by atoms with Crippen LogP contribution in [0.15, 0.2) is 18.2 Å². The Morgan fingerprint density at radius 1 is 1.44 bits per heavy atom. The Morgan fingerprint density at radius 2 is 2.17 bits per heavy atom. The molecule has 1 unspecified atom stereocenters. The zero-order valence-electron chi connectivity index (χ0n) is 10.2. The van der Waals surface area contributed by atoms with Gasteiger partial charge in [-0.15, -0.1) is 0 Å². The topological polar surface area (TPSA) is 92.4 Å². The molecule has 1 heterocycles. The molecule has 0 spiro atoms. The third-order valence-corrected chi connectivity index (χ3v) is 3.65. The van der Waals surface area contributed by atoms with Crippen molar-refractivity contribution in [3.05, 3.63) is 23.8 Å². The Labute approximate surface area is 105 Å². The molecule has 0 aromatic heterocycles. The van der Waals surface area contributed by atoms with Crippen LogP contribution in [0.3, 0.4) is 0 Å². The molecule has 1 aliphatic heterocycles. The van der Waals surface area contributed by atoms with Crippen LogP contribution in [0.1, 0.15) is 31.7 Å². The standard InChI is InChI=1S/C13H16N2O3/c1-2-13(6-5-11(17)15-12(13)18)8-3-4-9(14)10(16)7-8/h3-4,7,16H,2,5-6,14H2,1H3,(H,15,17,18). The number of hydrogen-bond donors (Lipinski definition) is 3. The molecule has 0 saturated carbocycles. The van der Waals surface area contributed by atoms with Gasteiger partial charge in [-0.05, 0) is 30.5 Å². The van der Waals surface area contributed by atoms with E-state index in [0.717, 1.165) is 0 Å². The number of nitrogens with one attached hydrogen (secondary N) is 1. The predicted molar refractivity (Wildman–Crippen MR) is 66.9 cm³/mol. The van der Waals surface area contributed by atoms with Gasteiger partial charge in [0, 0.05) is 6.42 Å². The number of nitrogens with two attached hydrogens (primary N) is 1. The van der Waals surface area contributed by atoms with Gasteiger partial charge in [0.05, 0.1) is 11.1 Å². The van der Waals surface area contributed by atoms with E-state index in [1.54, 1.807) is 12.1 Å². The monoisotopic (exact) mass is 248 g/mol. The van der Waals surface area contributed by atoms with Crippen LogP contribution in [0.2, 0.25) is 0 Å². The van der Waals surface area contributed by atoms with Crippen molar-refractivity contribution in [2.45, 2.75) is 31.6 Å². The van der Waals surface area contributed by atoms with Crippen LogP contribution in [0.5, 0.6) is 5.75 Å². The summed E-state index contributed by atoms with van der Waals surface area (Å²) in [4.78, 5) is 23.3. The van der Waals surface area contributed by atoms with Gasteiger partial charge < -0.3 is 10.8 Å². The number of rotatable bonds is 2. The van der Waals surface area contributed by atoms with Crippen LogP contribution in [0.4, 0.5) is 5.69 Å². The average molecular weight is 248 g/mol. The number of hydrogen-bond acceptors (Lipinski definition) is 4. The molecule has 18 heavy (non-hydrogen) atoms. The molecule has 1 fully saturated rings. The number of benzene rings is 1. The summed E-state index contributed by atoms with van der Waals surface area (Å²) in [5.41, 5.74) is 5.78. The number of nitrogen functional groups attached to an aromatic ring is 1. The molecule has 0 bridgehead atoms. The van der Waals surface area contributed by atoms with E-state index in [1.165, 1.54) is 6.07 Å². The molecule has 5 nitrogen and oxygen atoms in total. The lowest BCUT2D eigenvalue weighted by atomic mass is 9.72. The summed E-state index contributed by atoms with van der Waals surface area (Å²) < 4.78 is 0. The predicted octanol–water partition coefficient (Wildman–Crippen LogP) is 1.06. The number of carbonyl (C=O) groups is 2. The molecule has 2 amide bonds. The van der Waals surface area contributed by atoms with Crippen LogP contribution in [0, 0.1) is 0 Å². The van der Waals surface area contributed by atoms with Gasteiger partial charge in [-0.1, -0.05) is 13.0 Å². The Hall–Kier alpha value is -2.04. The first-order valence-electron chi connectivity index (χ1n) is 5.93. The normalized spacial score (nSPS) is 23.8. The highest BCUT2D eigenvalue weighted by Gasteiger charge is 2.42. The van der Waals surface area contributed by atoms with E-state index in [1.807, 2.05) is 6.92 Å². The van der Waals surface area contributed by atoms with E-state index < -0.39 is 5.41 Å². The number of phenolic OH excluding ortho intramolecular Hbond substituents is 1. The minimum Gasteiger partial charge on any atom is -0.506 e. The molecular formula is C13H16N2O3. The molecule has 1 aromatic carbocycles. The van der Waals surface area contributed by atoms with E-state index in [9.17, 15) is 14.7 Å². The summed E-state index contributed by atoms with van der Waals surface area (Å²) >= 11 is 0. The number of piperidine rings is 1. The maximum atomic E-state index is 12.1. The molecule has 0 radical (unpaired) electrons. The summed E-state index contributed by atoms with van der Waals surface area (Å²) in [6.45, 7) is 1.89. The third-order valence-electron chi connectivity index (χ3n) is 3.65. The summed E-state index contributed by atoms with van der Waals surface area (Å²) in [6, 6.07) is 4.81. The molecule has 1 atom stereocenters. The Balaban J connectivity index is 2.46. The molecule has 2 rings (SSSR count). The zero-order valence-corrected chi connectivity index (χ0v) is 10.2. The van der Waals surface area contributed by atoms with Gasteiger partial charge in [0.25, 0.3) is 0 Å². The smallest absolute Gasteiger partial charge is 0.237 e. The highest BCUT2D eigenvalue weighted by atomic mass is 16.3. The van der Waals surface area contributed by atoms with E-state index in [2.05, 4.69) is 5.32 Å². The molecule has 96 valence electrons. The number of phenols is 1. The van der Waals surface area contributed by atoms with Crippen molar-refractivity contribution >= 4 is 17.5 Å². The lowest BCUT2D eigenvalue weighted by Crippen LogP contribution is -2.51. The molecule has 5 heteroatoms. The second-order valence-corrected chi connectivity index (χ2v) is 4.59. The quantitative estimate of drug-likeness (QED) is 0.414. The van der Waals surface area contributed by atoms with Gasteiger partial charge >= 0.3 is 0 Å². The number of amides is 2. The first-order valence-corrected chi connectivity index (χ1v) is 5.93. The van der Waals surface area contributed by atoms with Crippen molar-refractivity contribution in [2.75, 3.05) is 5.73 Å². The van der Waals surface area contributed by atoms with Crippen molar-refractivity contribution in [3.63, 3.8) is 0 Å². The largest absolute Gasteiger partial charge is 0.506 e. The lowest BCUT2D eigenvalue weighted by molar-refractivity contribution is -0.138. The second-order valence-electron chi connectivity index (χ2n) is 4.59. The number of imide groups is 1. The summed E-state index contributed by atoms with van der Waals surface area (Å²) in [6.07, 6.45) is 1.33. The number of aromatic hydroxyl groups is 1. The first kappa shape index (κ1) is 12.4. The van der Waals surface area contributed by atoms with Gasteiger partial charge in [0.1, 0.15) is 5.75 Å². The fraction of sp³-hybridized carbons (Fsp3) is 0.385. The van der Waals surface area contributed by atoms with Gasteiger partial charge in [-0.3, -0.25) is 14.9 Å². The minimum atomic E-state index is -0.751. The fourth-order valence-electron chi connectivity index (χ4n) is 2.41. The van der Waals surface area contributed by atoms with Gasteiger partial charge in [0.2, 0.25) is 11.8 Å². The molecule has 1 aromatic rings. The van der Waals surface area contributed by atoms with Gasteiger partial charge in [-0.25, -0.2) is 0 Å². The van der Waals surface area contributed by atoms with Crippen LogP contribution in [-0.2, 0) is 15.0 Å². The Bertz CT molecular complexity index is 513. The van der Waals surface area contributed by atoms with Crippen LogP contribution in [0.25, 0.3) is 0 Å². The fourth-order valence-corrected chi connectivity index (χ4v) is 2.41. The molecular weight excluding hydrogens is 232 g/mol. The highest BCUT2D eigenvalue weighted by molar-refractivity contribution is 6.03. The van der Waals surface area contributed by atoms with Crippen LogP contribution < -0.4 is 11.1 Å². The maximum Gasteiger partial charge on any atom is 0.237 e. The summed E-state index contributed by atoms with van der Waals surface area (Å²) in [5.74, 6) is -0.584. The average Bonchev–Trinajstić information content (AvgIpc) is 2.34. The SMILES string of the molecule is CCC1(c2ccc(N)c(O)c2)CCC(=O)NC1=O. The van der Waals surface area contributed by atoms with Gasteiger partial charge in [0.15, 0.2) is 0 Å². The van der Waals surface area contributed by atoms with Crippen molar-refractivity contribution in [1.29, 1.82) is 0 Å². The molecule has 1 saturated heterocycles. The highest BCUT2D eigenvalue weighted by Crippen LogP contribution is 2.38. The van der Waals surface area contributed by atoms with E-state index in [-0.39, 0.29) is 23.3 Å². The summed E-state index contributed by atoms with van der Waals surface area (Å²) in [7, 11) is 0. The summed E-state index contributed by atoms with van der Waals surface area (Å²) in [5, 5.41) is 12.0. The minimum absolute atomic E-state index is 0.0370. The van der Waals surface area contributed by atoms with Crippen LogP contribution in [-0.4, -0.2) is 16.9 Å². The molecule has 1 aliphatic rings. The van der Waals surface area contributed by atoms with E-state index in [0.29, 0.717) is 24.8 Å². The number of anilines is 1. The second kappa shape index (κ2) is 4.33. The molecule has 0 aliphatic carbocycles. The lowest BCUT2D eigenvalue weighted by Gasteiger charge is -2.35. The maximum absolute atomic E-state index is 12.1. The van der Waals surface area contributed by atoms with Crippen molar-refractivity contribution in [2.24, 2.45) is 0 Å². The van der Waals surface area contributed by atoms with Gasteiger partial charge in [-0.2, -0.15) is 0 Å². The number of carbonyl (C=O) groups excluding carboxylic acids is 2. The van der Waals surface area contributed by atoms with Crippen molar-refractivity contribution < 1.29 is 14.7 Å². The molecule has 4 N–H and O–H groups in total.